The van der Waals surface area contributed by atoms with Gasteiger partial charge in [-0.05, 0) is 36.6 Å². The summed E-state index contributed by atoms with van der Waals surface area (Å²) in [6, 6.07) is 5.26. The van der Waals surface area contributed by atoms with E-state index in [-0.39, 0.29) is 12.3 Å². The maximum absolute atomic E-state index is 11.1. The molecule has 0 bridgehead atoms. The molecule has 1 rings (SSSR count). The summed E-state index contributed by atoms with van der Waals surface area (Å²) in [6.45, 7) is 4.25. The van der Waals surface area contributed by atoms with E-state index in [0.29, 0.717) is 12.1 Å². The molecule has 18 heavy (non-hydrogen) atoms. The summed E-state index contributed by atoms with van der Waals surface area (Å²) >= 11 is 0. The Morgan fingerprint density at radius 2 is 2.11 bits per heavy atom. The quantitative estimate of drug-likeness (QED) is 0.715. The van der Waals surface area contributed by atoms with Gasteiger partial charge in [0.1, 0.15) is 0 Å². The number of aryl methyl sites for hydroxylation is 1. The minimum Gasteiger partial charge on any atom is -0.481 e. The van der Waals surface area contributed by atoms with Gasteiger partial charge in [-0.15, -0.1) is 0 Å². The first-order chi connectivity index (χ1) is 8.40. The summed E-state index contributed by atoms with van der Waals surface area (Å²) in [4.78, 5) is 21.6. The molecule has 0 aliphatic carbocycles. The fraction of sp³-hybridized carbons (Fsp3) is 0.385. The van der Waals surface area contributed by atoms with Gasteiger partial charge >= 0.3 is 5.97 Å². The highest BCUT2D eigenvalue weighted by Crippen LogP contribution is 2.15. The number of hydrogen-bond acceptors (Lipinski definition) is 3. The fourth-order valence-corrected chi connectivity index (χ4v) is 1.71. The number of hydrogen-bond donors (Lipinski definition) is 3. The number of benzene rings is 1. The molecule has 0 saturated carbocycles. The van der Waals surface area contributed by atoms with Crippen LogP contribution in [0.4, 0.5) is 5.69 Å². The molecule has 0 aliphatic heterocycles. The maximum Gasteiger partial charge on any atom is 0.303 e. The van der Waals surface area contributed by atoms with Gasteiger partial charge in [-0.2, -0.15) is 0 Å². The molecule has 98 valence electrons. The molecule has 1 atom stereocenters. The predicted octanol–water partition coefficient (Wildman–Crippen LogP) is 1.62. The number of carboxylic acid groups (broad SMARTS) is 1. The first-order valence-corrected chi connectivity index (χ1v) is 5.76. The van der Waals surface area contributed by atoms with E-state index in [1.807, 2.05) is 19.9 Å². The first kappa shape index (κ1) is 14.0. The second-order valence-electron chi connectivity index (χ2n) is 4.48. The molecule has 1 unspecified atom stereocenters. The number of primary amides is 1. The van der Waals surface area contributed by atoms with E-state index >= 15 is 0 Å². The van der Waals surface area contributed by atoms with Gasteiger partial charge in [0.05, 0.1) is 0 Å². The molecule has 0 heterocycles. The lowest BCUT2D eigenvalue weighted by Gasteiger charge is -2.12. The Kier molecular flexibility index (Phi) is 4.71. The lowest BCUT2D eigenvalue weighted by Crippen LogP contribution is -2.16. The van der Waals surface area contributed by atoms with Crippen molar-refractivity contribution in [3.8, 4) is 0 Å². The van der Waals surface area contributed by atoms with Gasteiger partial charge in [-0.3, -0.25) is 9.59 Å². The van der Waals surface area contributed by atoms with Crippen molar-refractivity contribution in [1.82, 2.24) is 0 Å². The zero-order chi connectivity index (χ0) is 13.7. The molecular formula is C13H18N2O3. The third kappa shape index (κ3) is 4.08. The molecule has 0 saturated heterocycles. The monoisotopic (exact) mass is 250 g/mol. The number of carboxylic acids is 1. The van der Waals surface area contributed by atoms with Crippen LogP contribution in [0, 0.1) is 12.8 Å². The molecule has 5 nitrogen and oxygen atoms in total. The van der Waals surface area contributed by atoms with Gasteiger partial charge in [0.15, 0.2) is 0 Å². The van der Waals surface area contributed by atoms with E-state index < -0.39 is 11.9 Å². The van der Waals surface area contributed by atoms with Gasteiger partial charge in [0.25, 0.3) is 0 Å². The van der Waals surface area contributed by atoms with Gasteiger partial charge < -0.3 is 16.2 Å². The largest absolute Gasteiger partial charge is 0.481 e. The molecule has 4 N–H and O–H groups in total. The van der Waals surface area contributed by atoms with Gasteiger partial charge in [0.2, 0.25) is 5.91 Å². The van der Waals surface area contributed by atoms with Crippen LogP contribution in [0.25, 0.3) is 0 Å². The minimum atomic E-state index is -0.801. The molecule has 0 spiro atoms. The van der Waals surface area contributed by atoms with Crippen molar-refractivity contribution in [2.45, 2.75) is 20.3 Å². The zero-order valence-corrected chi connectivity index (χ0v) is 10.6. The second-order valence-corrected chi connectivity index (χ2v) is 4.48. The predicted molar refractivity (Wildman–Crippen MR) is 69.6 cm³/mol. The third-order valence-electron chi connectivity index (χ3n) is 2.67. The van der Waals surface area contributed by atoms with Crippen LogP contribution in [0.3, 0.4) is 0 Å². The SMILES string of the molecule is Cc1cc(NCC(C)CC(=O)O)ccc1C(N)=O. The smallest absolute Gasteiger partial charge is 0.303 e. The highest BCUT2D eigenvalue weighted by atomic mass is 16.4. The van der Waals surface area contributed by atoms with Crippen molar-refractivity contribution in [3.05, 3.63) is 29.3 Å². The summed E-state index contributed by atoms with van der Waals surface area (Å²) < 4.78 is 0. The number of aliphatic carboxylic acids is 1. The van der Waals surface area contributed by atoms with E-state index in [4.69, 9.17) is 10.8 Å². The highest BCUT2D eigenvalue weighted by molar-refractivity contribution is 5.94. The molecule has 1 amide bonds. The average Bonchev–Trinajstić information content (AvgIpc) is 2.25. The minimum absolute atomic E-state index is 0.0404. The average molecular weight is 250 g/mol. The summed E-state index contributed by atoms with van der Waals surface area (Å²) in [6.07, 6.45) is 0.130. The van der Waals surface area contributed by atoms with Crippen LogP contribution < -0.4 is 11.1 Å². The van der Waals surface area contributed by atoms with E-state index in [1.165, 1.54) is 0 Å². The molecule has 1 aromatic carbocycles. The van der Waals surface area contributed by atoms with E-state index in [1.54, 1.807) is 12.1 Å². The number of nitrogens with one attached hydrogen (secondary N) is 1. The Balaban J connectivity index is 2.61. The molecule has 0 fully saturated rings. The first-order valence-electron chi connectivity index (χ1n) is 5.76. The highest BCUT2D eigenvalue weighted by Gasteiger charge is 2.08. The van der Waals surface area contributed by atoms with Crippen LogP contribution in [0.1, 0.15) is 29.3 Å². The van der Waals surface area contributed by atoms with Crippen LogP contribution in [0.5, 0.6) is 0 Å². The number of amides is 1. The summed E-state index contributed by atoms with van der Waals surface area (Å²) in [7, 11) is 0. The lowest BCUT2D eigenvalue weighted by molar-refractivity contribution is -0.137. The van der Waals surface area contributed by atoms with Crippen molar-refractivity contribution in [3.63, 3.8) is 0 Å². The summed E-state index contributed by atoms with van der Waals surface area (Å²) in [5.41, 5.74) is 7.38. The standard InChI is InChI=1S/C13H18N2O3/c1-8(5-12(16)17)7-15-10-3-4-11(13(14)18)9(2)6-10/h3-4,6,8,15H,5,7H2,1-2H3,(H2,14,18)(H,16,17). The maximum atomic E-state index is 11.1. The van der Waals surface area contributed by atoms with Crippen LogP contribution in [0.2, 0.25) is 0 Å². The van der Waals surface area contributed by atoms with Crippen LogP contribution in [-0.4, -0.2) is 23.5 Å². The number of anilines is 1. The Morgan fingerprint density at radius 3 is 2.61 bits per heavy atom. The molecule has 5 heteroatoms. The van der Waals surface area contributed by atoms with Crippen LogP contribution >= 0.6 is 0 Å². The second kappa shape index (κ2) is 6.05. The lowest BCUT2D eigenvalue weighted by atomic mass is 10.1. The zero-order valence-electron chi connectivity index (χ0n) is 10.6. The topological polar surface area (TPSA) is 92.4 Å². The van der Waals surface area contributed by atoms with Crippen molar-refractivity contribution < 1.29 is 14.7 Å². The molecular weight excluding hydrogens is 232 g/mol. The van der Waals surface area contributed by atoms with E-state index in [2.05, 4.69) is 5.32 Å². The number of nitrogens with two attached hydrogens (primary N) is 1. The summed E-state index contributed by atoms with van der Waals surface area (Å²) in [5.74, 6) is -1.21. The fourth-order valence-electron chi connectivity index (χ4n) is 1.71. The van der Waals surface area contributed by atoms with E-state index in [0.717, 1.165) is 11.3 Å². The van der Waals surface area contributed by atoms with Crippen molar-refractivity contribution >= 4 is 17.6 Å². The number of carbonyl (C=O) groups is 2. The van der Waals surface area contributed by atoms with Gasteiger partial charge in [-0.25, -0.2) is 0 Å². The molecule has 1 aromatic rings. The van der Waals surface area contributed by atoms with Crippen LogP contribution in [-0.2, 0) is 4.79 Å². The van der Waals surface area contributed by atoms with Crippen molar-refractivity contribution in [2.75, 3.05) is 11.9 Å². The Hall–Kier alpha value is -2.04. The van der Waals surface area contributed by atoms with Crippen LogP contribution in [0.15, 0.2) is 18.2 Å². The normalized spacial score (nSPS) is 11.9. The number of carbonyl (C=O) groups excluding carboxylic acids is 1. The Morgan fingerprint density at radius 1 is 1.44 bits per heavy atom. The molecule has 0 aromatic heterocycles. The van der Waals surface area contributed by atoms with Gasteiger partial charge in [-0.1, -0.05) is 6.92 Å². The van der Waals surface area contributed by atoms with Gasteiger partial charge in [0, 0.05) is 24.2 Å². The molecule has 0 radical (unpaired) electrons. The molecule has 0 aliphatic rings. The van der Waals surface area contributed by atoms with Crippen molar-refractivity contribution in [2.24, 2.45) is 11.7 Å². The Labute approximate surface area is 106 Å². The summed E-state index contributed by atoms with van der Waals surface area (Å²) in [5, 5.41) is 11.8. The van der Waals surface area contributed by atoms with E-state index in [9.17, 15) is 9.59 Å². The third-order valence-corrected chi connectivity index (χ3v) is 2.67. The number of rotatable bonds is 6. The Bertz CT molecular complexity index is 458. The van der Waals surface area contributed by atoms with Crippen molar-refractivity contribution in [1.29, 1.82) is 0 Å².